The Morgan fingerprint density at radius 3 is 2.35 bits per heavy atom. The van der Waals surface area contributed by atoms with Crippen LogP contribution in [0.15, 0.2) is 23.1 Å². The summed E-state index contributed by atoms with van der Waals surface area (Å²) in [5.41, 5.74) is 6.78. The zero-order chi connectivity index (χ0) is 13.3. The van der Waals surface area contributed by atoms with Gasteiger partial charge in [0, 0.05) is 5.54 Å². The van der Waals surface area contributed by atoms with Crippen LogP contribution in [0.4, 0.5) is 11.4 Å². The van der Waals surface area contributed by atoms with Gasteiger partial charge in [-0.15, -0.1) is 0 Å². The van der Waals surface area contributed by atoms with Crippen molar-refractivity contribution in [1.29, 1.82) is 0 Å². The summed E-state index contributed by atoms with van der Waals surface area (Å²) >= 11 is 0. The summed E-state index contributed by atoms with van der Waals surface area (Å²) in [6.07, 6.45) is 0.920. The van der Waals surface area contributed by atoms with E-state index in [0.29, 0.717) is 11.4 Å². The average molecular weight is 257 g/mol. The van der Waals surface area contributed by atoms with Gasteiger partial charge in [-0.2, -0.15) is 0 Å². The fraction of sp³-hybridized carbons (Fsp3) is 0.455. The Morgan fingerprint density at radius 2 is 1.94 bits per heavy atom. The highest BCUT2D eigenvalue weighted by molar-refractivity contribution is 7.89. The maximum absolute atomic E-state index is 11.1. The molecule has 1 aromatic carbocycles. The van der Waals surface area contributed by atoms with Crippen molar-refractivity contribution in [2.75, 3.05) is 11.1 Å². The van der Waals surface area contributed by atoms with Crippen LogP contribution in [0.2, 0.25) is 0 Å². The summed E-state index contributed by atoms with van der Waals surface area (Å²) in [6, 6.07) is 4.44. The van der Waals surface area contributed by atoms with Gasteiger partial charge >= 0.3 is 0 Å². The Bertz CT molecular complexity index is 509. The number of hydrogen-bond donors (Lipinski definition) is 3. The Balaban J connectivity index is 3.07. The van der Waals surface area contributed by atoms with Crippen molar-refractivity contribution in [3.05, 3.63) is 18.2 Å². The van der Waals surface area contributed by atoms with Crippen molar-refractivity contribution in [2.45, 2.75) is 37.6 Å². The predicted octanol–water partition coefficient (Wildman–Crippen LogP) is 1.52. The van der Waals surface area contributed by atoms with Gasteiger partial charge in [0.15, 0.2) is 0 Å². The smallest absolute Gasteiger partial charge is 0.238 e. The molecule has 1 aromatic rings. The molecule has 96 valence electrons. The van der Waals surface area contributed by atoms with Gasteiger partial charge in [0.05, 0.1) is 16.3 Å². The lowest BCUT2D eigenvalue weighted by atomic mass is 10.0. The molecule has 0 atom stereocenters. The molecule has 6 heteroatoms. The third-order valence-electron chi connectivity index (χ3n) is 2.71. The van der Waals surface area contributed by atoms with E-state index in [1.54, 1.807) is 6.07 Å². The van der Waals surface area contributed by atoms with E-state index >= 15 is 0 Å². The standard InChI is InChI=1S/C11H19N3O2S/c1-4-11(2,3)14-10-6-5-8(7-9(10)12)17(13,15)16/h5-7,14H,4,12H2,1-3H3,(H2,13,15,16). The fourth-order valence-electron chi connectivity index (χ4n) is 1.28. The Hall–Kier alpha value is -1.27. The number of nitrogen functional groups attached to an aromatic ring is 1. The summed E-state index contributed by atoms with van der Waals surface area (Å²) < 4.78 is 22.3. The number of nitrogens with one attached hydrogen (secondary N) is 1. The van der Waals surface area contributed by atoms with Crippen molar-refractivity contribution < 1.29 is 8.42 Å². The first kappa shape index (κ1) is 13.8. The minimum absolute atomic E-state index is 0.0230. The molecule has 0 spiro atoms. The van der Waals surface area contributed by atoms with Crippen LogP contribution in [0, 0.1) is 0 Å². The molecule has 0 amide bonds. The van der Waals surface area contributed by atoms with Gasteiger partial charge in [-0.05, 0) is 38.5 Å². The van der Waals surface area contributed by atoms with Crippen LogP contribution in [0.3, 0.4) is 0 Å². The third-order valence-corrected chi connectivity index (χ3v) is 3.62. The summed E-state index contributed by atoms with van der Waals surface area (Å²) in [5.74, 6) is 0. The first-order valence-corrected chi connectivity index (χ1v) is 6.91. The lowest BCUT2D eigenvalue weighted by Gasteiger charge is -2.26. The summed E-state index contributed by atoms with van der Waals surface area (Å²) in [4.78, 5) is 0.0230. The second kappa shape index (κ2) is 4.54. The number of primary sulfonamides is 1. The van der Waals surface area contributed by atoms with Gasteiger partial charge in [-0.25, -0.2) is 13.6 Å². The molecule has 5 N–H and O–H groups in total. The van der Waals surface area contributed by atoms with Crippen LogP contribution in [0.25, 0.3) is 0 Å². The largest absolute Gasteiger partial charge is 0.397 e. The van der Waals surface area contributed by atoms with Crippen molar-refractivity contribution in [1.82, 2.24) is 0 Å². The molecule has 0 aliphatic carbocycles. The number of nitrogens with two attached hydrogens (primary N) is 2. The normalized spacial score (nSPS) is 12.5. The van der Waals surface area contributed by atoms with Crippen molar-refractivity contribution in [3.63, 3.8) is 0 Å². The molecule has 0 aliphatic heterocycles. The molecular weight excluding hydrogens is 238 g/mol. The van der Waals surface area contributed by atoms with E-state index in [1.807, 2.05) is 13.8 Å². The maximum atomic E-state index is 11.1. The topological polar surface area (TPSA) is 98.2 Å². The first-order chi connectivity index (χ1) is 7.65. The Kier molecular flexibility index (Phi) is 3.68. The quantitative estimate of drug-likeness (QED) is 0.712. The van der Waals surface area contributed by atoms with Gasteiger partial charge in [0.25, 0.3) is 0 Å². The molecule has 0 saturated heterocycles. The lowest BCUT2D eigenvalue weighted by molar-refractivity contribution is 0.547. The highest BCUT2D eigenvalue weighted by atomic mass is 32.2. The van der Waals surface area contributed by atoms with Gasteiger partial charge < -0.3 is 11.1 Å². The SMILES string of the molecule is CCC(C)(C)Nc1ccc(S(N)(=O)=O)cc1N. The van der Waals surface area contributed by atoms with E-state index in [0.717, 1.165) is 6.42 Å². The predicted molar refractivity (Wildman–Crippen MR) is 70.2 cm³/mol. The van der Waals surface area contributed by atoms with Crippen LogP contribution in [0.5, 0.6) is 0 Å². The van der Waals surface area contributed by atoms with Crippen LogP contribution >= 0.6 is 0 Å². The molecule has 5 nitrogen and oxygen atoms in total. The van der Waals surface area contributed by atoms with Crippen molar-refractivity contribution >= 4 is 21.4 Å². The summed E-state index contributed by atoms with van der Waals surface area (Å²) in [7, 11) is -3.70. The maximum Gasteiger partial charge on any atom is 0.238 e. The average Bonchev–Trinajstić information content (AvgIpc) is 2.19. The minimum atomic E-state index is -3.70. The Morgan fingerprint density at radius 1 is 1.35 bits per heavy atom. The second-order valence-electron chi connectivity index (χ2n) is 4.66. The van der Waals surface area contributed by atoms with Crippen LogP contribution < -0.4 is 16.2 Å². The summed E-state index contributed by atoms with van der Waals surface area (Å²) in [6.45, 7) is 6.14. The number of benzene rings is 1. The van der Waals surface area contributed by atoms with E-state index < -0.39 is 10.0 Å². The molecule has 0 aliphatic rings. The molecule has 0 radical (unpaired) electrons. The van der Waals surface area contributed by atoms with E-state index in [4.69, 9.17) is 10.9 Å². The van der Waals surface area contributed by atoms with Gasteiger partial charge in [-0.3, -0.25) is 0 Å². The third kappa shape index (κ3) is 3.61. The highest BCUT2D eigenvalue weighted by Crippen LogP contribution is 2.26. The highest BCUT2D eigenvalue weighted by Gasteiger charge is 2.17. The molecule has 0 heterocycles. The molecule has 0 bridgehead atoms. The number of anilines is 2. The van der Waals surface area contributed by atoms with E-state index in [-0.39, 0.29) is 10.4 Å². The first-order valence-electron chi connectivity index (χ1n) is 5.36. The molecule has 0 fully saturated rings. The molecule has 0 aromatic heterocycles. The monoisotopic (exact) mass is 257 g/mol. The second-order valence-corrected chi connectivity index (χ2v) is 6.22. The Labute approximate surface area is 102 Å². The van der Waals surface area contributed by atoms with E-state index in [1.165, 1.54) is 12.1 Å². The van der Waals surface area contributed by atoms with Crippen molar-refractivity contribution in [2.24, 2.45) is 5.14 Å². The zero-order valence-corrected chi connectivity index (χ0v) is 11.1. The fourth-order valence-corrected chi connectivity index (χ4v) is 1.83. The van der Waals surface area contributed by atoms with E-state index in [9.17, 15) is 8.42 Å². The van der Waals surface area contributed by atoms with Gasteiger partial charge in [0.2, 0.25) is 10.0 Å². The zero-order valence-electron chi connectivity index (χ0n) is 10.3. The number of sulfonamides is 1. The van der Waals surface area contributed by atoms with Crippen LogP contribution in [-0.2, 0) is 10.0 Å². The summed E-state index contributed by atoms with van der Waals surface area (Å²) in [5, 5.41) is 8.28. The van der Waals surface area contributed by atoms with Crippen LogP contribution in [-0.4, -0.2) is 14.0 Å². The van der Waals surface area contributed by atoms with E-state index in [2.05, 4.69) is 12.2 Å². The lowest BCUT2D eigenvalue weighted by Crippen LogP contribution is -2.30. The van der Waals surface area contributed by atoms with Gasteiger partial charge in [0.1, 0.15) is 0 Å². The van der Waals surface area contributed by atoms with Gasteiger partial charge in [-0.1, -0.05) is 6.92 Å². The number of rotatable bonds is 4. The molecule has 1 rings (SSSR count). The molecule has 0 unspecified atom stereocenters. The van der Waals surface area contributed by atoms with Crippen molar-refractivity contribution in [3.8, 4) is 0 Å². The number of hydrogen-bond acceptors (Lipinski definition) is 4. The van der Waals surface area contributed by atoms with Crippen LogP contribution in [0.1, 0.15) is 27.2 Å². The molecule has 17 heavy (non-hydrogen) atoms. The minimum Gasteiger partial charge on any atom is -0.397 e. The molecular formula is C11H19N3O2S. The molecule has 0 saturated carbocycles.